The van der Waals surface area contributed by atoms with Gasteiger partial charge in [-0.1, -0.05) is 17.7 Å². The van der Waals surface area contributed by atoms with Crippen molar-refractivity contribution in [3.05, 3.63) is 64.8 Å². The minimum absolute atomic E-state index is 0.0406. The lowest BCUT2D eigenvalue weighted by Gasteiger charge is -2.12. The molecule has 0 fully saturated rings. The highest BCUT2D eigenvalue weighted by Gasteiger charge is 2.13. The second kappa shape index (κ2) is 8.60. The van der Waals surface area contributed by atoms with Gasteiger partial charge in [0.2, 0.25) is 0 Å². The lowest BCUT2D eigenvalue weighted by atomic mass is 10.1. The Bertz CT molecular complexity index is 1080. The first-order chi connectivity index (χ1) is 13.9. The van der Waals surface area contributed by atoms with Crippen LogP contribution in [0.3, 0.4) is 0 Å². The van der Waals surface area contributed by atoms with Crippen molar-refractivity contribution in [2.45, 2.75) is 20.8 Å². The molecule has 0 saturated carbocycles. The molecule has 29 heavy (non-hydrogen) atoms. The largest absolute Gasteiger partial charge is 0.497 e. The fraction of sp³-hybridized carbons (Fsp3) is 0.227. The molecule has 7 heteroatoms. The third-order valence-electron chi connectivity index (χ3n) is 4.60. The van der Waals surface area contributed by atoms with Crippen molar-refractivity contribution in [2.24, 2.45) is 0 Å². The maximum absolute atomic E-state index is 12.5. The summed E-state index contributed by atoms with van der Waals surface area (Å²) in [6, 6.07) is 13.1. The summed E-state index contributed by atoms with van der Waals surface area (Å²) < 4.78 is 5.20. The molecule has 150 valence electrons. The lowest BCUT2D eigenvalue weighted by Crippen LogP contribution is -2.44. The van der Waals surface area contributed by atoms with Gasteiger partial charge in [-0.05, 0) is 50.6 Å². The Kier molecular flexibility index (Phi) is 5.97. The quantitative estimate of drug-likeness (QED) is 0.581. The first-order valence-electron chi connectivity index (χ1n) is 9.23. The molecule has 0 aliphatic heterocycles. The summed E-state index contributed by atoms with van der Waals surface area (Å²) in [6.45, 7) is 5.77. The van der Waals surface area contributed by atoms with E-state index in [0.717, 1.165) is 27.7 Å². The van der Waals surface area contributed by atoms with E-state index in [-0.39, 0.29) is 12.5 Å². The van der Waals surface area contributed by atoms with Crippen LogP contribution in [0.1, 0.15) is 27.2 Å². The number of benzene rings is 2. The minimum Gasteiger partial charge on any atom is -0.497 e. The van der Waals surface area contributed by atoms with Crippen molar-refractivity contribution in [1.82, 2.24) is 15.8 Å². The number of fused-ring (bicyclic) bond motifs is 1. The number of nitrogens with zero attached hydrogens (tertiary/aromatic N) is 1. The van der Waals surface area contributed by atoms with Crippen molar-refractivity contribution in [1.29, 1.82) is 0 Å². The van der Waals surface area contributed by atoms with Gasteiger partial charge in [0.15, 0.2) is 0 Å². The third kappa shape index (κ3) is 4.82. The first kappa shape index (κ1) is 20.1. The molecule has 0 radical (unpaired) electrons. The monoisotopic (exact) mass is 392 g/mol. The van der Waals surface area contributed by atoms with Gasteiger partial charge in [0.1, 0.15) is 5.75 Å². The van der Waals surface area contributed by atoms with Crippen LogP contribution >= 0.6 is 0 Å². The highest BCUT2D eigenvalue weighted by molar-refractivity contribution is 5.99. The highest BCUT2D eigenvalue weighted by Crippen LogP contribution is 2.21. The Hall–Kier alpha value is -3.61. The number of hydrogen-bond acceptors (Lipinski definition) is 5. The van der Waals surface area contributed by atoms with Gasteiger partial charge in [0.05, 0.1) is 30.4 Å². The Morgan fingerprint density at radius 2 is 1.79 bits per heavy atom. The molecular weight excluding hydrogens is 368 g/mol. The van der Waals surface area contributed by atoms with Gasteiger partial charge in [-0.25, -0.2) is 0 Å². The molecule has 7 nitrogen and oxygen atoms in total. The van der Waals surface area contributed by atoms with Crippen molar-refractivity contribution in [2.75, 3.05) is 19.0 Å². The lowest BCUT2D eigenvalue weighted by molar-refractivity contribution is -0.120. The van der Waals surface area contributed by atoms with Crippen LogP contribution in [0, 0.1) is 20.8 Å². The molecule has 1 heterocycles. The van der Waals surface area contributed by atoms with Crippen molar-refractivity contribution >= 4 is 28.4 Å². The third-order valence-corrected chi connectivity index (χ3v) is 4.60. The number of methoxy groups -OCH3 is 1. The SMILES string of the molecule is COc1ccc2cc(C(=O)NNC(=O)CNc3ccc(C)cc3C)c(C)nc2c1. The Morgan fingerprint density at radius 3 is 2.52 bits per heavy atom. The summed E-state index contributed by atoms with van der Waals surface area (Å²) in [5.41, 5.74) is 9.65. The van der Waals surface area contributed by atoms with Gasteiger partial charge in [0.25, 0.3) is 11.8 Å². The van der Waals surface area contributed by atoms with Gasteiger partial charge in [-0.15, -0.1) is 0 Å². The standard InChI is InChI=1S/C22H24N4O3/c1-13-5-8-19(14(2)9-13)23-12-21(27)25-26-22(28)18-10-16-6-7-17(29-4)11-20(16)24-15(18)3/h5-11,23H,12H2,1-4H3,(H,25,27)(H,26,28). The van der Waals surface area contributed by atoms with Gasteiger partial charge in [-0.3, -0.25) is 25.4 Å². The normalized spacial score (nSPS) is 10.5. The van der Waals surface area contributed by atoms with Crippen LogP contribution in [0.4, 0.5) is 5.69 Å². The number of rotatable bonds is 5. The molecule has 3 aromatic rings. The van der Waals surface area contributed by atoms with Crippen LogP contribution in [0.5, 0.6) is 5.75 Å². The molecule has 0 saturated heterocycles. The minimum atomic E-state index is -0.424. The molecule has 0 spiro atoms. The average Bonchev–Trinajstić information content (AvgIpc) is 2.70. The van der Waals surface area contributed by atoms with E-state index in [0.29, 0.717) is 17.0 Å². The zero-order valence-electron chi connectivity index (χ0n) is 16.9. The Balaban J connectivity index is 1.61. The second-order valence-corrected chi connectivity index (χ2v) is 6.85. The van der Waals surface area contributed by atoms with E-state index in [9.17, 15) is 9.59 Å². The number of nitrogens with one attached hydrogen (secondary N) is 3. The first-order valence-corrected chi connectivity index (χ1v) is 9.23. The molecule has 0 atom stereocenters. The number of aromatic nitrogens is 1. The van der Waals surface area contributed by atoms with Crippen molar-refractivity contribution < 1.29 is 14.3 Å². The summed E-state index contributed by atoms with van der Waals surface area (Å²) in [5, 5.41) is 3.87. The highest BCUT2D eigenvalue weighted by atomic mass is 16.5. The molecule has 0 bridgehead atoms. The fourth-order valence-electron chi connectivity index (χ4n) is 3.03. The molecule has 1 aromatic heterocycles. The number of anilines is 1. The number of pyridine rings is 1. The predicted molar refractivity (Wildman–Crippen MR) is 113 cm³/mol. The molecule has 3 N–H and O–H groups in total. The zero-order valence-corrected chi connectivity index (χ0v) is 16.9. The molecule has 2 amide bonds. The second-order valence-electron chi connectivity index (χ2n) is 6.85. The van der Waals surface area contributed by atoms with Crippen LogP contribution in [-0.4, -0.2) is 30.5 Å². The van der Waals surface area contributed by atoms with Crippen molar-refractivity contribution in [3.63, 3.8) is 0 Å². The number of hydrogen-bond donors (Lipinski definition) is 3. The molecule has 0 unspecified atom stereocenters. The fourth-order valence-corrected chi connectivity index (χ4v) is 3.03. The smallest absolute Gasteiger partial charge is 0.271 e. The molecule has 0 aliphatic rings. The number of carbonyl (C=O) groups excluding carboxylic acids is 2. The average molecular weight is 392 g/mol. The van der Waals surface area contributed by atoms with Crippen LogP contribution in [0.15, 0.2) is 42.5 Å². The van der Waals surface area contributed by atoms with E-state index in [1.165, 1.54) is 0 Å². The summed E-state index contributed by atoms with van der Waals surface area (Å²) in [7, 11) is 1.59. The van der Waals surface area contributed by atoms with Gasteiger partial charge >= 0.3 is 0 Å². The molecule has 0 aliphatic carbocycles. The van der Waals surface area contributed by atoms with E-state index >= 15 is 0 Å². The van der Waals surface area contributed by atoms with Crippen LogP contribution in [0.25, 0.3) is 10.9 Å². The van der Waals surface area contributed by atoms with Gasteiger partial charge < -0.3 is 10.1 Å². The zero-order chi connectivity index (χ0) is 21.0. The summed E-state index contributed by atoms with van der Waals surface area (Å²) in [5.74, 6) is -0.0766. The van der Waals surface area contributed by atoms with E-state index in [1.54, 1.807) is 20.1 Å². The maximum Gasteiger partial charge on any atom is 0.271 e. The number of carbonyl (C=O) groups is 2. The van der Waals surface area contributed by atoms with Crippen LogP contribution < -0.4 is 20.9 Å². The van der Waals surface area contributed by atoms with E-state index in [4.69, 9.17) is 4.74 Å². The van der Waals surface area contributed by atoms with Crippen LogP contribution in [-0.2, 0) is 4.79 Å². The van der Waals surface area contributed by atoms with E-state index in [2.05, 4.69) is 21.2 Å². The van der Waals surface area contributed by atoms with E-state index < -0.39 is 5.91 Å². The summed E-state index contributed by atoms with van der Waals surface area (Å²) in [6.07, 6.45) is 0. The van der Waals surface area contributed by atoms with Gasteiger partial charge in [-0.2, -0.15) is 0 Å². The Morgan fingerprint density at radius 1 is 1.00 bits per heavy atom. The maximum atomic E-state index is 12.5. The molecular formula is C22H24N4O3. The number of aryl methyl sites for hydroxylation is 3. The van der Waals surface area contributed by atoms with Crippen molar-refractivity contribution in [3.8, 4) is 5.75 Å². The predicted octanol–water partition coefficient (Wildman–Crippen LogP) is 3.04. The molecule has 3 rings (SSSR count). The van der Waals surface area contributed by atoms with Crippen LogP contribution in [0.2, 0.25) is 0 Å². The molecule has 2 aromatic carbocycles. The number of ether oxygens (including phenoxy) is 1. The topological polar surface area (TPSA) is 92.4 Å². The number of hydrazine groups is 1. The number of amides is 2. The summed E-state index contributed by atoms with van der Waals surface area (Å²) in [4.78, 5) is 29.0. The summed E-state index contributed by atoms with van der Waals surface area (Å²) >= 11 is 0. The van der Waals surface area contributed by atoms with Gasteiger partial charge in [0, 0.05) is 17.1 Å². The van der Waals surface area contributed by atoms with E-state index in [1.807, 2.05) is 50.2 Å². The Labute approximate surface area is 169 Å².